The Balaban J connectivity index is 1.03. The van der Waals surface area contributed by atoms with Gasteiger partial charge in [-0.3, -0.25) is 0 Å². The minimum Gasteiger partial charge on any atom is -0.456 e. The lowest BCUT2D eigenvalue weighted by Gasteiger charge is -2.23. The Morgan fingerprint density at radius 3 is 1.59 bits per heavy atom. The van der Waals surface area contributed by atoms with Crippen molar-refractivity contribution in [2.75, 3.05) is 0 Å². The zero-order valence-electron chi connectivity index (χ0n) is 27.5. The lowest BCUT2D eigenvalue weighted by molar-refractivity contribution is 0.487. The molecule has 10 rings (SSSR count). The molecule has 4 heteroatoms. The lowest BCUT2D eigenvalue weighted by atomic mass is 9.89. The molecule has 0 N–H and O–H groups in total. The third-order valence-corrected chi connectivity index (χ3v) is 9.73. The molecule has 0 aliphatic carbocycles. The summed E-state index contributed by atoms with van der Waals surface area (Å²) < 4.78 is 6.55. The topological polar surface area (TPSA) is 47.9 Å². The molecule has 1 aliphatic rings. The largest absolute Gasteiger partial charge is 0.456 e. The summed E-state index contributed by atoms with van der Waals surface area (Å²) in [6.45, 7) is 0. The fourth-order valence-corrected chi connectivity index (χ4v) is 7.17. The molecule has 0 unspecified atom stereocenters. The van der Waals surface area contributed by atoms with Gasteiger partial charge in [-0.1, -0.05) is 152 Å². The van der Waals surface area contributed by atoms with Crippen molar-refractivity contribution >= 4 is 21.5 Å². The Morgan fingerprint density at radius 2 is 0.882 bits per heavy atom. The van der Waals surface area contributed by atoms with E-state index in [0.29, 0.717) is 17.5 Å². The molecule has 0 saturated heterocycles. The number of hydrogen-bond donors (Lipinski definition) is 0. The van der Waals surface area contributed by atoms with Crippen molar-refractivity contribution in [3.63, 3.8) is 0 Å². The second-order valence-electron chi connectivity index (χ2n) is 12.8. The van der Waals surface area contributed by atoms with Gasteiger partial charge in [0.2, 0.25) is 0 Å². The van der Waals surface area contributed by atoms with Crippen LogP contribution in [0.15, 0.2) is 176 Å². The van der Waals surface area contributed by atoms with E-state index in [-0.39, 0.29) is 0 Å². The molecular formula is C47H29N3O. The summed E-state index contributed by atoms with van der Waals surface area (Å²) in [5.41, 5.74) is 9.70. The van der Waals surface area contributed by atoms with Crippen LogP contribution in [-0.2, 0) is 0 Å². The highest BCUT2D eigenvalue weighted by Crippen LogP contribution is 2.49. The second kappa shape index (κ2) is 11.9. The molecule has 9 aromatic rings. The molecule has 1 aliphatic heterocycles. The normalized spacial score (nSPS) is 11.7. The summed E-state index contributed by atoms with van der Waals surface area (Å²) in [5, 5.41) is 4.80. The van der Waals surface area contributed by atoms with Gasteiger partial charge in [0.15, 0.2) is 17.5 Å². The maximum atomic E-state index is 6.55. The van der Waals surface area contributed by atoms with E-state index >= 15 is 0 Å². The molecule has 0 amide bonds. The zero-order chi connectivity index (χ0) is 33.7. The molecule has 0 atom stereocenters. The van der Waals surface area contributed by atoms with Crippen molar-refractivity contribution < 1.29 is 4.74 Å². The first-order valence-corrected chi connectivity index (χ1v) is 17.1. The first-order chi connectivity index (χ1) is 25.2. The van der Waals surface area contributed by atoms with Gasteiger partial charge >= 0.3 is 0 Å². The number of aromatic nitrogens is 3. The Labute approximate surface area is 295 Å². The van der Waals surface area contributed by atoms with Crippen LogP contribution in [-0.4, -0.2) is 15.0 Å². The van der Waals surface area contributed by atoms with Gasteiger partial charge in [-0.25, -0.2) is 15.0 Å². The third kappa shape index (κ3) is 5.13. The van der Waals surface area contributed by atoms with Crippen LogP contribution in [0.25, 0.3) is 89.1 Å². The number of benzene rings is 8. The number of fused-ring (bicyclic) bond motifs is 3. The van der Waals surface area contributed by atoms with E-state index in [9.17, 15) is 0 Å². The monoisotopic (exact) mass is 651 g/mol. The molecule has 8 aromatic carbocycles. The van der Waals surface area contributed by atoms with Crippen LogP contribution in [0.4, 0.5) is 0 Å². The van der Waals surface area contributed by atoms with E-state index in [0.717, 1.165) is 50.3 Å². The van der Waals surface area contributed by atoms with Crippen LogP contribution in [0.1, 0.15) is 0 Å². The van der Waals surface area contributed by atoms with E-state index in [2.05, 4.69) is 115 Å². The van der Waals surface area contributed by atoms with Crippen molar-refractivity contribution in [3.05, 3.63) is 176 Å². The maximum absolute atomic E-state index is 6.55. The molecular weight excluding hydrogens is 623 g/mol. The van der Waals surface area contributed by atoms with Crippen LogP contribution >= 0.6 is 0 Å². The van der Waals surface area contributed by atoms with Crippen LogP contribution in [0.3, 0.4) is 0 Å². The van der Waals surface area contributed by atoms with Crippen molar-refractivity contribution in [2.24, 2.45) is 0 Å². The minimum absolute atomic E-state index is 0.638. The van der Waals surface area contributed by atoms with Crippen LogP contribution in [0.2, 0.25) is 0 Å². The summed E-state index contributed by atoms with van der Waals surface area (Å²) in [4.78, 5) is 14.7. The average molecular weight is 652 g/mol. The second-order valence-corrected chi connectivity index (χ2v) is 12.8. The Hall–Kier alpha value is -6.91. The molecule has 2 heterocycles. The number of hydrogen-bond acceptors (Lipinski definition) is 4. The highest BCUT2D eigenvalue weighted by atomic mass is 16.5. The van der Waals surface area contributed by atoms with E-state index in [1.54, 1.807) is 0 Å². The first kappa shape index (κ1) is 29.0. The van der Waals surface area contributed by atoms with Crippen molar-refractivity contribution in [1.82, 2.24) is 15.0 Å². The Morgan fingerprint density at radius 1 is 0.314 bits per heavy atom. The quantitative estimate of drug-likeness (QED) is 0.186. The van der Waals surface area contributed by atoms with E-state index in [1.165, 1.54) is 32.8 Å². The van der Waals surface area contributed by atoms with Gasteiger partial charge in [-0.2, -0.15) is 0 Å². The minimum atomic E-state index is 0.638. The van der Waals surface area contributed by atoms with Crippen LogP contribution in [0.5, 0.6) is 11.5 Å². The molecule has 0 radical (unpaired) electrons. The molecule has 0 fully saturated rings. The highest BCUT2D eigenvalue weighted by molar-refractivity contribution is 6.10. The predicted molar refractivity (Wildman–Crippen MR) is 208 cm³/mol. The molecule has 1 aromatic heterocycles. The summed E-state index contributed by atoms with van der Waals surface area (Å²) in [6, 6.07) is 61.1. The molecule has 0 saturated carbocycles. The van der Waals surface area contributed by atoms with Gasteiger partial charge in [-0.05, 0) is 68.2 Å². The number of ether oxygens (including phenoxy) is 1. The van der Waals surface area contributed by atoms with Crippen molar-refractivity contribution in [3.8, 4) is 79.0 Å². The van der Waals surface area contributed by atoms with Crippen LogP contribution in [0, 0.1) is 0 Å². The van der Waals surface area contributed by atoms with Gasteiger partial charge in [0, 0.05) is 27.6 Å². The maximum Gasteiger partial charge on any atom is 0.164 e. The summed E-state index contributed by atoms with van der Waals surface area (Å²) in [5.74, 6) is 3.68. The zero-order valence-corrected chi connectivity index (χ0v) is 27.5. The van der Waals surface area contributed by atoms with Crippen molar-refractivity contribution in [2.45, 2.75) is 0 Å². The molecule has 0 spiro atoms. The first-order valence-electron chi connectivity index (χ1n) is 17.1. The van der Waals surface area contributed by atoms with E-state index in [4.69, 9.17) is 19.7 Å². The molecule has 4 nitrogen and oxygen atoms in total. The SMILES string of the molecule is c1ccc(-c2nc(-c3ccccc3)nc(-c3ccc(-c4ccc5c(c4)-c4cccc6c(-c7ccc8ccccc8c7)ccc(c46)O5)cc3)n2)cc1. The smallest absolute Gasteiger partial charge is 0.164 e. The Kier molecular flexibility index (Phi) is 6.78. The summed E-state index contributed by atoms with van der Waals surface area (Å²) in [6.07, 6.45) is 0. The fourth-order valence-electron chi connectivity index (χ4n) is 7.17. The average Bonchev–Trinajstić information content (AvgIpc) is 3.21. The van der Waals surface area contributed by atoms with Gasteiger partial charge in [0.25, 0.3) is 0 Å². The van der Waals surface area contributed by atoms with Crippen molar-refractivity contribution in [1.29, 1.82) is 0 Å². The van der Waals surface area contributed by atoms with E-state index in [1.807, 2.05) is 60.7 Å². The predicted octanol–water partition coefficient (Wildman–Crippen LogP) is 12.3. The summed E-state index contributed by atoms with van der Waals surface area (Å²) >= 11 is 0. The summed E-state index contributed by atoms with van der Waals surface area (Å²) in [7, 11) is 0. The van der Waals surface area contributed by atoms with Gasteiger partial charge in [-0.15, -0.1) is 0 Å². The third-order valence-electron chi connectivity index (χ3n) is 9.73. The van der Waals surface area contributed by atoms with Gasteiger partial charge < -0.3 is 4.74 Å². The standard InChI is InChI=1S/C47H29N3O/c1-3-11-32(12-4-1)45-48-46(33-13-5-2-6-14-33)50-47(49-45)34-21-18-31(19-22-34)36-24-26-42-41(29-36)40-17-9-16-39-38(25-27-43(51-42)44(39)40)37-23-20-30-10-7-8-15-35(30)28-37/h1-29H. The lowest BCUT2D eigenvalue weighted by Crippen LogP contribution is -2.00. The molecule has 238 valence electrons. The van der Waals surface area contributed by atoms with E-state index < -0.39 is 0 Å². The van der Waals surface area contributed by atoms with Gasteiger partial charge in [0.1, 0.15) is 11.5 Å². The fraction of sp³-hybridized carbons (Fsp3) is 0. The molecule has 0 bridgehead atoms. The highest BCUT2D eigenvalue weighted by Gasteiger charge is 2.22. The van der Waals surface area contributed by atoms with Crippen LogP contribution < -0.4 is 4.74 Å². The molecule has 51 heavy (non-hydrogen) atoms. The number of nitrogens with zero attached hydrogens (tertiary/aromatic N) is 3. The number of rotatable bonds is 5. The van der Waals surface area contributed by atoms with Gasteiger partial charge in [0.05, 0.1) is 0 Å². The Bertz CT molecular complexity index is 2700.